The van der Waals surface area contributed by atoms with Crippen molar-refractivity contribution in [1.82, 2.24) is 14.9 Å². The molecule has 1 atom stereocenters. The lowest BCUT2D eigenvalue weighted by Crippen LogP contribution is -2.45. The lowest BCUT2D eigenvalue weighted by Gasteiger charge is -2.33. The van der Waals surface area contributed by atoms with Crippen molar-refractivity contribution in [2.75, 3.05) is 40.0 Å². The highest BCUT2D eigenvalue weighted by Gasteiger charge is 2.18. The van der Waals surface area contributed by atoms with Crippen LogP contribution in [0.15, 0.2) is 42.6 Å². The first kappa shape index (κ1) is 19.5. The average molecular weight is 397 g/mol. The number of ether oxygens (including phenoxy) is 3. The van der Waals surface area contributed by atoms with Crippen LogP contribution in [-0.4, -0.2) is 60.9 Å². The third-order valence-corrected chi connectivity index (χ3v) is 5.09. The number of fused-ring (bicyclic) bond motifs is 1. The van der Waals surface area contributed by atoms with E-state index in [4.69, 9.17) is 14.2 Å². The van der Waals surface area contributed by atoms with Gasteiger partial charge in [-0.15, -0.1) is 0 Å². The van der Waals surface area contributed by atoms with E-state index in [1.807, 2.05) is 6.07 Å². The van der Waals surface area contributed by atoms with Crippen LogP contribution in [0.25, 0.3) is 22.3 Å². The number of nitrogens with zero attached hydrogens (tertiary/aromatic N) is 3. The van der Waals surface area contributed by atoms with Gasteiger partial charge in [-0.3, -0.25) is 9.88 Å². The third kappa shape index (κ3) is 4.46. The van der Waals surface area contributed by atoms with E-state index in [0.29, 0.717) is 46.4 Å². The van der Waals surface area contributed by atoms with Crippen LogP contribution >= 0.6 is 0 Å². The molecule has 29 heavy (non-hydrogen) atoms. The van der Waals surface area contributed by atoms with Gasteiger partial charge in [0.05, 0.1) is 43.2 Å². The Bertz CT molecular complexity index is 998. The summed E-state index contributed by atoms with van der Waals surface area (Å²) in [7, 11) is 1.60. The Morgan fingerprint density at radius 2 is 2.07 bits per heavy atom. The number of halogens is 1. The smallest absolute Gasteiger partial charge is 0.163 e. The first-order valence-corrected chi connectivity index (χ1v) is 9.69. The van der Waals surface area contributed by atoms with Crippen molar-refractivity contribution in [2.45, 2.75) is 13.0 Å². The number of morpholine rings is 1. The molecule has 152 valence electrons. The summed E-state index contributed by atoms with van der Waals surface area (Å²) < 4.78 is 30.5. The number of hydrogen-bond donors (Lipinski definition) is 0. The molecule has 0 unspecified atom stereocenters. The fraction of sp³-hybridized carbons (Fsp3) is 0.364. The summed E-state index contributed by atoms with van der Waals surface area (Å²) in [5, 5.41) is 0. The van der Waals surface area contributed by atoms with E-state index in [-0.39, 0.29) is 5.82 Å². The average Bonchev–Trinajstić information content (AvgIpc) is 2.74. The van der Waals surface area contributed by atoms with Crippen LogP contribution in [0.3, 0.4) is 0 Å². The molecular weight excluding hydrogens is 373 g/mol. The molecule has 6 nitrogen and oxygen atoms in total. The molecule has 3 aromatic rings. The SMILES string of the molecule is COc1cc2nc(-c3cccc(F)c3)cnc2cc1OCCN1CCOC[C@@H]1C. The van der Waals surface area contributed by atoms with Gasteiger partial charge in [0.15, 0.2) is 11.5 Å². The standard InChI is InChI=1S/C22H24FN3O3/c1-15-14-28-8-6-26(15)7-9-29-22-11-18-19(12-21(22)27-2)25-20(13-24-18)16-4-3-5-17(23)10-16/h3-5,10-13,15H,6-9,14H2,1-2H3/t15-/m0/s1. The van der Waals surface area contributed by atoms with Crippen molar-refractivity contribution in [1.29, 1.82) is 0 Å². The molecule has 0 bridgehead atoms. The number of methoxy groups -OCH3 is 1. The summed E-state index contributed by atoms with van der Waals surface area (Å²) in [5.74, 6) is 0.923. The molecule has 1 saturated heterocycles. The number of hydrogen-bond acceptors (Lipinski definition) is 6. The summed E-state index contributed by atoms with van der Waals surface area (Å²) >= 11 is 0. The minimum Gasteiger partial charge on any atom is -0.493 e. The second kappa shape index (κ2) is 8.71. The highest BCUT2D eigenvalue weighted by molar-refractivity contribution is 5.81. The molecule has 0 radical (unpaired) electrons. The molecule has 1 aromatic heterocycles. The topological polar surface area (TPSA) is 56.7 Å². The van der Waals surface area contributed by atoms with Crippen LogP contribution in [0, 0.1) is 5.82 Å². The zero-order chi connectivity index (χ0) is 20.2. The van der Waals surface area contributed by atoms with Crippen molar-refractivity contribution >= 4 is 11.0 Å². The van der Waals surface area contributed by atoms with Gasteiger partial charge in [-0.1, -0.05) is 12.1 Å². The molecule has 0 N–H and O–H groups in total. The van der Waals surface area contributed by atoms with Gasteiger partial charge in [-0.05, 0) is 19.1 Å². The number of benzene rings is 2. The second-order valence-electron chi connectivity index (χ2n) is 7.07. The molecule has 1 aliphatic heterocycles. The fourth-order valence-corrected chi connectivity index (χ4v) is 3.45. The van der Waals surface area contributed by atoms with Crippen molar-refractivity contribution in [3.8, 4) is 22.8 Å². The van der Waals surface area contributed by atoms with Crippen LogP contribution < -0.4 is 9.47 Å². The molecule has 0 aliphatic carbocycles. The molecular formula is C22H24FN3O3. The lowest BCUT2D eigenvalue weighted by molar-refractivity contribution is -0.00524. The van der Waals surface area contributed by atoms with Crippen molar-refractivity contribution < 1.29 is 18.6 Å². The highest BCUT2D eigenvalue weighted by Crippen LogP contribution is 2.32. The van der Waals surface area contributed by atoms with E-state index < -0.39 is 0 Å². The Labute approximate surface area is 169 Å². The Kier molecular flexibility index (Phi) is 5.87. The summed E-state index contributed by atoms with van der Waals surface area (Å²) in [6.07, 6.45) is 1.64. The van der Waals surface area contributed by atoms with E-state index in [9.17, 15) is 4.39 Å². The number of aromatic nitrogens is 2. The maximum atomic E-state index is 13.5. The van der Waals surface area contributed by atoms with E-state index in [1.54, 1.807) is 31.5 Å². The molecule has 1 aliphatic rings. The Hall–Kier alpha value is -2.77. The van der Waals surface area contributed by atoms with Gasteiger partial charge in [-0.2, -0.15) is 0 Å². The van der Waals surface area contributed by atoms with E-state index in [2.05, 4.69) is 21.8 Å². The first-order chi connectivity index (χ1) is 14.1. The van der Waals surface area contributed by atoms with Crippen LogP contribution in [0.5, 0.6) is 11.5 Å². The molecule has 1 fully saturated rings. The minimum absolute atomic E-state index is 0.305. The van der Waals surface area contributed by atoms with Crippen LogP contribution in [0.1, 0.15) is 6.92 Å². The van der Waals surface area contributed by atoms with Gasteiger partial charge < -0.3 is 14.2 Å². The van der Waals surface area contributed by atoms with E-state index in [0.717, 1.165) is 26.3 Å². The fourth-order valence-electron chi connectivity index (χ4n) is 3.45. The maximum Gasteiger partial charge on any atom is 0.163 e. The molecule has 0 spiro atoms. The van der Waals surface area contributed by atoms with Gasteiger partial charge >= 0.3 is 0 Å². The highest BCUT2D eigenvalue weighted by atomic mass is 19.1. The third-order valence-electron chi connectivity index (χ3n) is 5.09. The van der Waals surface area contributed by atoms with Crippen LogP contribution in [0.4, 0.5) is 4.39 Å². The molecule has 7 heteroatoms. The zero-order valence-corrected chi connectivity index (χ0v) is 16.6. The zero-order valence-electron chi connectivity index (χ0n) is 16.6. The molecule has 0 saturated carbocycles. The van der Waals surface area contributed by atoms with Crippen LogP contribution in [-0.2, 0) is 4.74 Å². The maximum absolute atomic E-state index is 13.5. The molecule has 4 rings (SSSR count). The summed E-state index contributed by atoms with van der Waals surface area (Å²) in [5.41, 5.74) is 2.64. The summed E-state index contributed by atoms with van der Waals surface area (Å²) in [6, 6.07) is 10.3. The predicted molar refractivity (Wildman–Crippen MR) is 109 cm³/mol. The number of rotatable bonds is 6. The van der Waals surface area contributed by atoms with Crippen LogP contribution in [0.2, 0.25) is 0 Å². The Balaban J connectivity index is 1.53. The van der Waals surface area contributed by atoms with Gasteiger partial charge in [0.1, 0.15) is 12.4 Å². The quantitative estimate of drug-likeness (QED) is 0.634. The summed E-state index contributed by atoms with van der Waals surface area (Å²) in [6.45, 7) is 5.93. The first-order valence-electron chi connectivity index (χ1n) is 9.69. The van der Waals surface area contributed by atoms with Gasteiger partial charge in [0.2, 0.25) is 0 Å². The minimum atomic E-state index is -0.305. The Morgan fingerprint density at radius 3 is 2.86 bits per heavy atom. The second-order valence-corrected chi connectivity index (χ2v) is 7.07. The normalized spacial score (nSPS) is 17.4. The Morgan fingerprint density at radius 1 is 1.21 bits per heavy atom. The lowest BCUT2D eigenvalue weighted by atomic mass is 10.1. The van der Waals surface area contributed by atoms with Crippen molar-refractivity contribution in [3.63, 3.8) is 0 Å². The molecule has 2 aromatic carbocycles. The largest absolute Gasteiger partial charge is 0.493 e. The monoisotopic (exact) mass is 397 g/mol. The van der Waals surface area contributed by atoms with Gasteiger partial charge in [-0.25, -0.2) is 9.37 Å². The molecule has 0 amide bonds. The van der Waals surface area contributed by atoms with Gasteiger partial charge in [0, 0.05) is 36.8 Å². The molecule has 2 heterocycles. The van der Waals surface area contributed by atoms with Crippen molar-refractivity contribution in [2.24, 2.45) is 0 Å². The van der Waals surface area contributed by atoms with E-state index >= 15 is 0 Å². The van der Waals surface area contributed by atoms with Gasteiger partial charge in [0.25, 0.3) is 0 Å². The predicted octanol–water partition coefficient (Wildman–Crippen LogP) is 3.54. The van der Waals surface area contributed by atoms with E-state index in [1.165, 1.54) is 12.1 Å². The van der Waals surface area contributed by atoms with Crippen molar-refractivity contribution in [3.05, 3.63) is 48.4 Å². The summed E-state index contributed by atoms with van der Waals surface area (Å²) in [4.78, 5) is 11.4.